The van der Waals surface area contributed by atoms with Crippen molar-refractivity contribution in [2.24, 2.45) is 5.92 Å². The van der Waals surface area contributed by atoms with Crippen LogP contribution in [-0.2, 0) is 10.2 Å². The Morgan fingerprint density at radius 3 is 2.37 bits per heavy atom. The molecule has 1 fully saturated rings. The Morgan fingerprint density at radius 1 is 1.21 bits per heavy atom. The van der Waals surface area contributed by atoms with E-state index < -0.39 is 10.2 Å². The van der Waals surface area contributed by atoms with E-state index in [4.69, 9.17) is 0 Å². The molecule has 19 heavy (non-hydrogen) atoms. The van der Waals surface area contributed by atoms with Gasteiger partial charge in [-0.1, -0.05) is 20.3 Å². The highest BCUT2D eigenvalue weighted by molar-refractivity contribution is 7.87. The third-order valence-corrected chi connectivity index (χ3v) is 5.17. The van der Waals surface area contributed by atoms with Crippen LogP contribution in [0.2, 0.25) is 0 Å². The van der Waals surface area contributed by atoms with Gasteiger partial charge in [-0.25, -0.2) is 4.72 Å². The smallest absolute Gasteiger partial charge is 0.279 e. The van der Waals surface area contributed by atoms with Gasteiger partial charge in [-0.05, 0) is 38.0 Å². The molecule has 0 aromatic carbocycles. The summed E-state index contributed by atoms with van der Waals surface area (Å²) in [5.74, 6) is 0.267. The van der Waals surface area contributed by atoms with Gasteiger partial charge >= 0.3 is 0 Å². The molecule has 0 saturated heterocycles. The van der Waals surface area contributed by atoms with E-state index in [9.17, 15) is 13.5 Å². The number of rotatable bonds is 8. The van der Waals surface area contributed by atoms with Gasteiger partial charge in [-0.2, -0.15) is 12.7 Å². The van der Waals surface area contributed by atoms with E-state index in [-0.39, 0.29) is 12.0 Å². The molecule has 0 aliphatic heterocycles. The molecule has 2 N–H and O–H groups in total. The van der Waals surface area contributed by atoms with Crippen molar-refractivity contribution in [2.75, 3.05) is 19.6 Å². The quantitative estimate of drug-likeness (QED) is 0.712. The molecule has 0 bridgehead atoms. The number of hydrogen-bond acceptors (Lipinski definition) is 3. The topological polar surface area (TPSA) is 69.6 Å². The van der Waals surface area contributed by atoms with Gasteiger partial charge in [-0.3, -0.25) is 0 Å². The Bertz CT molecular complexity index is 340. The van der Waals surface area contributed by atoms with Gasteiger partial charge in [0.05, 0.1) is 6.10 Å². The van der Waals surface area contributed by atoms with Crippen molar-refractivity contribution in [1.82, 2.24) is 9.03 Å². The minimum absolute atomic E-state index is 0.259. The summed E-state index contributed by atoms with van der Waals surface area (Å²) in [6, 6.07) is 0. The zero-order chi connectivity index (χ0) is 14.3. The highest BCUT2D eigenvalue weighted by Crippen LogP contribution is 2.23. The molecule has 0 radical (unpaired) electrons. The molecule has 0 aromatic heterocycles. The standard InChI is InChI=1S/C13H28N2O3S/c1-3-8-15(9-4-2)19(17,18)14-11-12-6-5-7-13(16)10-12/h12-14,16H,3-11H2,1-2H3. The number of aliphatic hydroxyl groups is 1. The first-order chi connectivity index (χ1) is 8.99. The van der Waals surface area contributed by atoms with Crippen molar-refractivity contribution in [3.8, 4) is 0 Å². The fraction of sp³-hybridized carbons (Fsp3) is 1.00. The zero-order valence-corrected chi connectivity index (χ0v) is 13.0. The van der Waals surface area contributed by atoms with Crippen LogP contribution in [-0.4, -0.2) is 43.6 Å². The first kappa shape index (κ1) is 16.9. The van der Waals surface area contributed by atoms with E-state index in [1.807, 2.05) is 13.8 Å². The van der Waals surface area contributed by atoms with E-state index in [0.29, 0.717) is 26.1 Å². The Hall–Kier alpha value is -0.170. The predicted molar refractivity (Wildman–Crippen MR) is 77.0 cm³/mol. The van der Waals surface area contributed by atoms with Crippen LogP contribution in [0, 0.1) is 5.92 Å². The second-order valence-electron chi connectivity index (χ2n) is 5.44. The Balaban J connectivity index is 2.48. The summed E-state index contributed by atoms with van der Waals surface area (Å²) in [4.78, 5) is 0. The molecule has 1 rings (SSSR count). The fourth-order valence-corrected chi connectivity index (χ4v) is 4.09. The first-order valence-corrected chi connectivity index (χ1v) is 8.86. The molecule has 1 aliphatic rings. The molecule has 0 spiro atoms. The average Bonchev–Trinajstić information content (AvgIpc) is 2.36. The van der Waals surface area contributed by atoms with Gasteiger partial charge in [0.1, 0.15) is 0 Å². The predicted octanol–water partition coefficient (Wildman–Crippen LogP) is 1.49. The van der Waals surface area contributed by atoms with Crippen LogP contribution in [0.5, 0.6) is 0 Å². The fourth-order valence-electron chi connectivity index (χ4n) is 2.61. The lowest BCUT2D eigenvalue weighted by atomic mass is 9.87. The maximum absolute atomic E-state index is 12.2. The number of hydrogen-bond donors (Lipinski definition) is 2. The highest BCUT2D eigenvalue weighted by atomic mass is 32.2. The molecule has 5 nitrogen and oxygen atoms in total. The average molecular weight is 292 g/mol. The SMILES string of the molecule is CCCN(CCC)S(=O)(=O)NCC1CCCC(O)C1. The van der Waals surface area contributed by atoms with Crippen molar-refractivity contribution >= 4 is 10.2 Å². The van der Waals surface area contributed by atoms with Crippen LogP contribution >= 0.6 is 0 Å². The Labute approximate surface area is 117 Å². The summed E-state index contributed by atoms with van der Waals surface area (Å²) >= 11 is 0. The maximum Gasteiger partial charge on any atom is 0.279 e. The minimum Gasteiger partial charge on any atom is -0.393 e. The molecular weight excluding hydrogens is 264 g/mol. The van der Waals surface area contributed by atoms with Crippen LogP contribution in [0.25, 0.3) is 0 Å². The van der Waals surface area contributed by atoms with Gasteiger partial charge < -0.3 is 5.11 Å². The van der Waals surface area contributed by atoms with E-state index in [1.165, 1.54) is 4.31 Å². The molecule has 6 heteroatoms. The minimum atomic E-state index is -3.36. The molecule has 0 heterocycles. The molecule has 1 aliphatic carbocycles. The molecule has 0 aromatic rings. The van der Waals surface area contributed by atoms with E-state index in [0.717, 1.165) is 32.1 Å². The Kier molecular flexibility index (Phi) is 7.28. The van der Waals surface area contributed by atoms with Gasteiger partial charge in [0.25, 0.3) is 10.2 Å². The molecule has 0 amide bonds. The van der Waals surface area contributed by atoms with Gasteiger partial charge in [0.15, 0.2) is 0 Å². The summed E-state index contributed by atoms with van der Waals surface area (Å²) in [6.45, 7) is 5.54. The second kappa shape index (κ2) is 8.19. The van der Waals surface area contributed by atoms with Crippen LogP contribution in [0.3, 0.4) is 0 Å². The molecule has 2 unspecified atom stereocenters. The van der Waals surface area contributed by atoms with Crippen molar-refractivity contribution in [1.29, 1.82) is 0 Å². The normalized spacial score (nSPS) is 24.8. The summed E-state index contributed by atoms with van der Waals surface area (Å²) in [5.41, 5.74) is 0. The van der Waals surface area contributed by atoms with Crippen LogP contribution in [0.15, 0.2) is 0 Å². The number of aliphatic hydroxyl groups excluding tert-OH is 1. The monoisotopic (exact) mass is 292 g/mol. The van der Waals surface area contributed by atoms with Gasteiger partial charge in [-0.15, -0.1) is 0 Å². The lowest BCUT2D eigenvalue weighted by molar-refractivity contribution is 0.102. The van der Waals surface area contributed by atoms with E-state index in [2.05, 4.69) is 4.72 Å². The molecule has 1 saturated carbocycles. The van der Waals surface area contributed by atoms with Crippen molar-refractivity contribution in [2.45, 2.75) is 58.5 Å². The van der Waals surface area contributed by atoms with Crippen LogP contribution < -0.4 is 4.72 Å². The molecule has 114 valence electrons. The zero-order valence-electron chi connectivity index (χ0n) is 12.1. The van der Waals surface area contributed by atoms with Crippen molar-refractivity contribution in [3.05, 3.63) is 0 Å². The maximum atomic E-state index is 12.2. The molecule has 2 atom stereocenters. The summed E-state index contributed by atoms with van der Waals surface area (Å²) in [5, 5.41) is 9.60. The van der Waals surface area contributed by atoms with Crippen LogP contribution in [0.1, 0.15) is 52.4 Å². The third kappa shape index (κ3) is 5.77. The lowest BCUT2D eigenvalue weighted by Crippen LogP contribution is -2.44. The molecular formula is C13H28N2O3S. The van der Waals surface area contributed by atoms with Crippen molar-refractivity contribution in [3.63, 3.8) is 0 Å². The summed E-state index contributed by atoms with van der Waals surface area (Å²) in [6.07, 6.45) is 4.94. The van der Waals surface area contributed by atoms with E-state index >= 15 is 0 Å². The van der Waals surface area contributed by atoms with E-state index in [1.54, 1.807) is 0 Å². The van der Waals surface area contributed by atoms with Gasteiger partial charge in [0, 0.05) is 19.6 Å². The first-order valence-electron chi connectivity index (χ1n) is 7.42. The van der Waals surface area contributed by atoms with Crippen LogP contribution in [0.4, 0.5) is 0 Å². The largest absolute Gasteiger partial charge is 0.393 e. The highest BCUT2D eigenvalue weighted by Gasteiger charge is 2.24. The van der Waals surface area contributed by atoms with Gasteiger partial charge in [0.2, 0.25) is 0 Å². The summed E-state index contributed by atoms with van der Waals surface area (Å²) < 4.78 is 28.6. The second-order valence-corrected chi connectivity index (χ2v) is 7.19. The lowest BCUT2D eigenvalue weighted by Gasteiger charge is -2.27. The summed E-state index contributed by atoms with van der Waals surface area (Å²) in [7, 11) is -3.36. The third-order valence-electron chi connectivity index (χ3n) is 3.60. The number of nitrogens with zero attached hydrogens (tertiary/aromatic N) is 1. The Morgan fingerprint density at radius 2 is 1.84 bits per heavy atom. The van der Waals surface area contributed by atoms with Crippen molar-refractivity contribution < 1.29 is 13.5 Å². The number of nitrogens with one attached hydrogen (secondary N) is 1.